The number of ether oxygens (including phenoxy) is 1. The Morgan fingerprint density at radius 2 is 1.80 bits per heavy atom. The van der Waals surface area contributed by atoms with Gasteiger partial charge in [-0.2, -0.15) is 4.73 Å². The lowest BCUT2D eigenvalue weighted by Crippen LogP contribution is -2.32. The van der Waals surface area contributed by atoms with Gasteiger partial charge in [-0.15, -0.1) is 13.2 Å². The molecule has 1 amide bonds. The summed E-state index contributed by atoms with van der Waals surface area (Å²) in [5.74, 6) is -1.18. The van der Waals surface area contributed by atoms with Crippen LogP contribution in [0, 0.1) is 0 Å². The highest BCUT2D eigenvalue weighted by Gasteiger charge is 2.31. The molecule has 3 rings (SSSR count). The van der Waals surface area contributed by atoms with Gasteiger partial charge in [0.25, 0.3) is 11.5 Å². The maximum absolute atomic E-state index is 12.5. The molecule has 6 nitrogen and oxygen atoms in total. The van der Waals surface area contributed by atoms with Gasteiger partial charge in [0.1, 0.15) is 17.9 Å². The van der Waals surface area contributed by atoms with Crippen molar-refractivity contribution in [1.82, 2.24) is 4.73 Å². The summed E-state index contributed by atoms with van der Waals surface area (Å²) in [6.45, 7) is 0.0478. The number of amides is 1. The van der Waals surface area contributed by atoms with Crippen LogP contribution in [-0.4, -0.2) is 17.0 Å². The molecule has 0 aliphatic heterocycles. The third-order valence-corrected chi connectivity index (χ3v) is 4.00. The quantitative estimate of drug-likeness (QED) is 0.623. The Balaban J connectivity index is 1.69. The molecule has 3 aromatic rings. The summed E-state index contributed by atoms with van der Waals surface area (Å²) in [5.41, 5.74) is 0.00265. The van der Waals surface area contributed by atoms with Crippen molar-refractivity contribution in [2.75, 3.05) is 5.32 Å². The molecular weight excluding hydrogens is 425 g/mol. The number of aromatic nitrogens is 1. The first kappa shape index (κ1) is 21.3. The number of carbonyl (C=O) groups is 1. The molecule has 156 valence electrons. The summed E-state index contributed by atoms with van der Waals surface area (Å²) in [6, 6.07) is 14.2. The van der Waals surface area contributed by atoms with E-state index in [1.165, 1.54) is 30.5 Å². The average molecular weight is 439 g/mol. The molecular formula is C20H14ClF3N2O4. The molecule has 30 heavy (non-hydrogen) atoms. The van der Waals surface area contributed by atoms with E-state index in [4.69, 9.17) is 16.4 Å². The van der Waals surface area contributed by atoms with Crippen molar-refractivity contribution in [2.24, 2.45) is 0 Å². The van der Waals surface area contributed by atoms with Crippen molar-refractivity contribution < 1.29 is 27.5 Å². The molecule has 0 radical (unpaired) electrons. The van der Waals surface area contributed by atoms with E-state index in [0.29, 0.717) is 5.02 Å². The van der Waals surface area contributed by atoms with Crippen molar-refractivity contribution >= 4 is 23.2 Å². The summed E-state index contributed by atoms with van der Waals surface area (Å²) < 4.78 is 41.3. The molecule has 1 heterocycles. The van der Waals surface area contributed by atoms with Gasteiger partial charge in [-0.25, -0.2) is 0 Å². The van der Waals surface area contributed by atoms with Gasteiger partial charge < -0.3 is 14.9 Å². The second-order valence-corrected chi connectivity index (χ2v) is 6.42. The van der Waals surface area contributed by atoms with Gasteiger partial charge >= 0.3 is 6.36 Å². The van der Waals surface area contributed by atoms with Crippen LogP contribution in [0.15, 0.2) is 71.7 Å². The van der Waals surface area contributed by atoms with Crippen molar-refractivity contribution in [2.45, 2.75) is 13.0 Å². The highest BCUT2D eigenvalue weighted by atomic mass is 35.5. The summed E-state index contributed by atoms with van der Waals surface area (Å²) in [6.07, 6.45) is -3.46. The molecule has 0 spiro atoms. The van der Waals surface area contributed by atoms with Crippen LogP contribution in [0.1, 0.15) is 15.9 Å². The number of nitrogens with one attached hydrogen (secondary N) is 1. The second kappa shape index (κ2) is 8.91. The lowest BCUT2D eigenvalue weighted by Gasteiger charge is -2.11. The smallest absolute Gasteiger partial charge is 0.406 e. The molecule has 0 atom stereocenters. The van der Waals surface area contributed by atoms with E-state index in [9.17, 15) is 22.8 Å². The number of halogens is 4. The summed E-state index contributed by atoms with van der Waals surface area (Å²) in [4.78, 5) is 30.3. The molecule has 0 saturated carbocycles. The molecule has 1 N–H and O–H groups in total. The van der Waals surface area contributed by atoms with E-state index < -0.39 is 23.6 Å². The molecule has 1 aromatic heterocycles. The number of nitrogens with zero attached hydrogens (tertiary/aromatic N) is 1. The zero-order valence-electron chi connectivity index (χ0n) is 15.2. The monoisotopic (exact) mass is 438 g/mol. The van der Waals surface area contributed by atoms with Crippen molar-refractivity contribution in [3.63, 3.8) is 0 Å². The van der Waals surface area contributed by atoms with Gasteiger partial charge in [0.05, 0.1) is 0 Å². The predicted molar refractivity (Wildman–Crippen MR) is 104 cm³/mol. The third kappa shape index (κ3) is 5.77. The zero-order valence-corrected chi connectivity index (χ0v) is 15.9. The minimum absolute atomic E-state index is 0.0478. The number of benzene rings is 2. The number of carbonyl (C=O) groups excluding carboxylic acids is 1. The number of hydrogen-bond acceptors (Lipinski definition) is 4. The van der Waals surface area contributed by atoms with Crippen LogP contribution in [-0.2, 0) is 6.61 Å². The predicted octanol–water partition coefficient (Wildman–Crippen LogP) is 4.28. The summed E-state index contributed by atoms with van der Waals surface area (Å²) >= 11 is 5.90. The van der Waals surface area contributed by atoms with Gasteiger partial charge in [-0.1, -0.05) is 23.7 Å². The largest absolute Gasteiger partial charge is 0.573 e. The van der Waals surface area contributed by atoms with Gasteiger partial charge in [-0.3, -0.25) is 9.59 Å². The fourth-order valence-electron chi connectivity index (χ4n) is 2.46. The Morgan fingerprint density at radius 3 is 2.47 bits per heavy atom. The minimum Gasteiger partial charge on any atom is -0.406 e. The molecule has 0 saturated heterocycles. The number of anilines is 1. The molecule has 0 aliphatic rings. The Bertz CT molecular complexity index is 1100. The molecule has 10 heteroatoms. The highest BCUT2D eigenvalue weighted by molar-refractivity contribution is 6.30. The number of alkyl halides is 3. The topological polar surface area (TPSA) is 69.6 Å². The van der Waals surface area contributed by atoms with E-state index in [1.807, 2.05) is 0 Å². The van der Waals surface area contributed by atoms with Crippen LogP contribution in [0.5, 0.6) is 5.75 Å². The molecule has 0 aliphatic carbocycles. The number of pyridine rings is 1. The van der Waals surface area contributed by atoms with E-state index in [0.717, 1.165) is 22.4 Å². The molecule has 0 bridgehead atoms. The summed E-state index contributed by atoms with van der Waals surface area (Å²) in [7, 11) is 0. The van der Waals surface area contributed by atoms with E-state index in [-0.39, 0.29) is 17.9 Å². The van der Waals surface area contributed by atoms with E-state index >= 15 is 0 Å². The summed E-state index contributed by atoms with van der Waals surface area (Å²) in [5, 5.41) is 2.95. The van der Waals surface area contributed by atoms with Crippen molar-refractivity contribution in [1.29, 1.82) is 0 Å². The first-order chi connectivity index (χ1) is 14.2. The Labute approximate surface area is 173 Å². The van der Waals surface area contributed by atoms with Crippen LogP contribution in [0.2, 0.25) is 5.02 Å². The molecule has 0 unspecified atom stereocenters. The number of rotatable bonds is 6. The van der Waals surface area contributed by atoms with Gasteiger partial charge in [0.2, 0.25) is 0 Å². The zero-order chi connectivity index (χ0) is 21.7. The Hall–Kier alpha value is -3.46. The van der Waals surface area contributed by atoms with E-state index in [2.05, 4.69) is 10.1 Å². The Morgan fingerprint density at radius 1 is 1.07 bits per heavy atom. The van der Waals surface area contributed by atoms with Gasteiger partial charge in [-0.05, 0) is 54.1 Å². The molecule has 0 fully saturated rings. The average Bonchev–Trinajstić information content (AvgIpc) is 2.67. The molecule has 2 aromatic carbocycles. The van der Waals surface area contributed by atoms with Crippen LogP contribution in [0.3, 0.4) is 0 Å². The van der Waals surface area contributed by atoms with Crippen LogP contribution in [0.4, 0.5) is 18.9 Å². The highest BCUT2D eigenvalue weighted by Crippen LogP contribution is 2.24. The van der Waals surface area contributed by atoms with Crippen molar-refractivity contribution in [3.8, 4) is 5.75 Å². The lowest BCUT2D eigenvalue weighted by molar-refractivity contribution is -0.274. The first-order valence-corrected chi connectivity index (χ1v) is 8.86. The third-order valence-electron chi connectivity index (χ3n) is 3.76. The fourth-order valence-corrected chi connectivity index (χ4v) is 2.67. The maximum Gasteiger partial charge on any atom is 0.573 e. The standard InChI is InChI=1S/C20H14ClF3N2O4/c21-14-4-1-3-13(11-14)12-29-26-10-2-5-17(19(26)28)18(27)25-15-6-8-16(9-7-15)30-20(22,23)24/h1-11H,12H2,(H,25,27). The Kier molecular flexibility index (Phi) is 6.31. The maximum atomic E-state index is 12.5. The van der Waals surface area contributed by atoms with Crippen LogP contribution in [0.25, 0.3) is 0 Å². The van der Waals surface area contributed by atoms with E-state index in [1.54, 1.807) is 24.3 Å². The minimum atomic E-state index is -4.81. The normalized spacial score (nSPS) is 11.1. The van der Waals surface area contributed by atoms with Gasteiger partial charge in [0.15, 0.2) is 0 Å². The van der Waals surface area contributed by atoms with Crippen molar-refractivity contribution in [3.05, 3.63) is 93.4 Å². The number of hydrogen-bond donors (Lipinski definition) is 1. The van der Waals surface area contributed by atoms with Crippen LogP contribution >= 0.6 is 11.6 Å². The van der Waals surface area contributed by atoms with Crippen LogP contribution < -0.4 is 20.5 Å². The fraction of sp³-hybridized carbons (Fsp3) is 0.100. The van der Waals surface area contributed by atoms with Gasteiger partial charge in [0, 0.05) is 16.9 Å². The second-order valence-electron chi connectivity index (χ2n) is 5.98. The SMILES string of the molecule is O=C(Nc1ccc(OC(F)(F)F)cc1)c1cccn(OCc2cccc(Cl)c2)c1=O. The first-order valence-electron chi connectivity index (χ1n) is 8.48. The lowest BCUT2D eigenvalue weighted by atomic mass is 10.2.